The molecule has 2 aromatic carbocycles. The van der Waals surface area contributed by atoms with E-state index in [0.29, 0.717) is 23.2 Å². The van der Waals surface area contributed by atoms with Crippen LogP contribution in [0.25, 0.3) is 0 Å². The summed E-state index contributed by atoms with van der Waals surface area (Å²) >= 11 is 0. The average Bonchev–Trinajstić information content (AvgIpc) is 3.02. The number of fused-ring (bicyclic) bond motifs is 1. The van der Waals surface area contributed by atoms with E-state index in [1.807, 2.05) is 6.92 Å². The first-order chi connectivity index (χ1) is 17.5. The summed E-state index contributed by atoms with van der Waals surface area (Å²) in [6, 6.07) is 6.78. The molecule has 2 amide bonds. The molecule has 7 nitrogen and oxygen atoms in total. The second-order valence-electron chi connectivity index (χ2n) is 8.52. The minimum atomic E-state index is -2.57. The quantitative estimate of drug-likeness (QED) is 0.533. The van der Waals surface area contributed by atoms with E-state index in [1.54, 1.807) is 20.8 Å². The number of ether oxygens (including phenoxy) is 1. The van der Waals surface area contributed by atoms with Crippen molar-refractivity contribution in [3.63, 3.8) is 0 Å². The molecule has 176 valence electrons. The van der Waals surface area contributed by atoms with Gasteiger partial charge in [-0.3, -0.25) is 15.0 Å². The van der Waals surface area contributed by atoms with E-state index in [-0.39, 0.29) is 35.5 Å². The maximum Gasteiger partial charge on any atom is 0.495 e. The SMILES string of the molecule is [2H]C([2H])([2H])c1cc(C(=O)N(NC(=O)c2ccc3c(c2C)OCCOB3O)C(C)(C)CC)cc(C([2H])([2H])C)c1. The maximum atomic E-state index is 13.8. The molecule has 0 saturated heterocycles. The molecular formula is C25H33BN2O5. The van der Waals surface area contributed by atoms with Crippen molar-refractivity contribution in [3.8, 4) is 5.75 Å². The summed E-state index contributed by atoms with van der Waals surface area (Å²) in [6.45, 7) is 6.08. The van der Waals surface area contributed by atoms with Gasteiger partial charge in [0.05, 0.1) is 12.1 Å². The van der Waals surface area contributed by atoms with Crippen LogP contribution in [-0.4, -0.2) is 47.7 Å². The van der Waals surface area contributed by atoms with Gasteiger partial charge in [-0.25, -0.2) is 5.01 Å². The minimum Gasteiger partial charge on any atom is -0.491 e. The molecule has 0 aliphatic carbocycles. The van der Waals surface area contributed by atoms with Crippen molar-refractivity contribution in [2.24, 2.45) is 0 Å². The Labute approximate surface area is 203 Å². The second kappa shape index (κ2) is 9.97. The fourth-order valence-corrected chi connectivity index (χ4v) is 3.56. The molecule has 0 saturated carbocycles. The molecule has 0 unspecified atom stereocenters. The van der Waals surface area contributed by atoms with Gasteiger partial charge in [0, 0.05) is 29.0 Å². The van der Waals surface area contributed by atoms with E-state index in [4.69, 9.17) is 16.2 Å². The van der Waals surface area contributed by atoms with E-state index in [0.717, 1.165) is 5.01 Å². The van der Waals surface area contributed by atoms with E-state index in [1.165, 1.54) is 37.3 Å². The van der Waals surface area contributed by atoms with Gasteiger partial charge in [-0.1, -0.05) is 31.5 Å². The Kier molecular flexibility index (Phi) is 5.61. The molecule has 2 aromatic rings. The second-order valence-corrected chi connectivity index (χ2v) is 8.52. The first-order valence-electron chi connectivity index (χ1n) is 13.3. The van der Waals surface area contributed by atoms with Crippen LogP contribution in [0.3, 0.4) is 0 Å². The molecule has 2 N–H and O–H groups in total. The summed E-state index contributed by atoms with van der Waals surface area (Å²) in [5, 5.41) is 11.4. The summed E-state index contributed by atoms with van der Waals surface area (Å²) in [5.74, 6) is -0.966. The Balaban J connectivity index is 2.05. The van der Waals surface area contributed by atoms with Gasteiger partial charge in [-0.2, -0.15) is 0 Å². The lowest BCUT2D eigenvalue weighted by molar-refractivity contribution is 0.0307. The molecule has 8 heteroatoms. The zero-order chi connectivity index (χ0) is 28.6. The third-order valence-corrected chi connectivity index (χ3v) is 5.91. The van der Waals surface area contributed by atoms with Crippen molar-refractivity contribution >= 4 is 24.4 Å². The van der Waals surface area contributed by atoms with Crippen LogP contribution in [0.15, 0.2) is 30.3 Å². The number of rotatable bonds is 5. The largest absolute Gasteiger partial charge is 0.495 e. The van der Waals surface area contributed by atoms with Crippen LogP contribution in [0.4, 0.5) is 0 Å². The van der Waals surface area contributed by atoms with Gasteiger partial charge in [-0.05, 0) is 64.2 Å². The average molecular weight is 457 g/mol. The van der Waals surface area contributed by atoms with E-state index in [9.17, 15) is 14.6 Å². The number of carbonyl (C=O) groups is 2. The Hall–Kier alpha value is -2.84. The van der Waals surface area contributed by atoms with Crippen molar-refractivity contribution in [1.29, 1.82) is 0 Å². The Morgan fingerprint density at radius 3 is 2.70 bits per heavy atom. The van der Waals surface area contributed by atoms with Crippen LogP contribution in [0, 0.1) is 13.8 Å². The van der Waals surface area contributed by atoms with Crippen molar-refractivity contribution in [3.05, 3.63) is 58.1 Å². The van der Waals surface area contributed by atoms with E-state index < -0.39 is 37.7 Å². The number of amides is 2. The zero-order valence-electron chi connectivity index (χ0n) is 24.6. The van der Waals surface area contributed by atoms with Crippen LogP contribution in [0.5, 0.6) is 5.75 Å². The van der Waals surface area contributed by atoms with Gasteiger partial charge in [-0.15, -0.1) is 0 Å². The molecule has 0 bridgehead atoms. The number of hydrogen-bond donors (Lipinski definition) is 2. The van der Waals surface area contributed by atoms with E-state index in [2.05, 4.69) is 5.43 Å². The highest BCUT2D eigenvalue weighted by atomic mass is 16.6. The van der Waals surface area contributed by atoms with Gasteiger partial charge in [0.2, 0.25) is 0 Å². The standard InChI is InChI=1S/C25H33BN2O5/c1-7-18-13-16(3)14-19(15-18)24(30)28(25(5,6)8-2)27-23(29)20-9-10-21-22(17(20)4)32-11-12-33-26(21)31/h9-10,13-15,31H,7-8,11-12H2,1-6H3,(H,27,29)/i3D3,7D2. The van der Waals surface area contributed by atoms with Gasteiger partial charge >= 0.3 is 7.12 Å². The number of carbonyl (C=O) groups excluding carboxylic acids is 2. The fraction of sp³-hybridized carbons (Fsp3) is 0.440. The normalized spacial score (nSPS) is 16.7. The molecule has 0 atom stereocenters. The lowest BCUT2D eigenvalue weighted by Gasteiger charge is -2.38. The minimum absolute atomic E-state index is 0.0366. The summed E-state index contributed by atoms with van der Waals surface area (Å²) in [7, 11) is -1.19. The molecule has 0 spiro atoms. The number of nitrogens with zero attached hydrogens (tertiary/aromatic N) is 1. The monoisotopic (exact) mass is 457 g/mol. The van der Waals surface area contributed by atoms with Gasteiger partial charge < -0.3 is 14.4 Å². The van der Waals surface area contributed by atoms with Crippen LogP contribution in [0.2, 0.25) is 0 Å². The lowest BCUT2D eigenvalue weighted by Crippen LogP contribution is -2.57. The molecule has 1 heterocycles. The molecule has 33 heavy (non-hydrogen) atoms. The number of benzene rings is 2. The number of hydrazine groups is 1. The van der Waals surface area contributed by atoms with Crippen molar-refractivity contribution in [2.45, 2.75) is 59.8 Å². The predicted molar refractivity (Wildman–Crippen MR) is 129 cm³/mol. The first kappa shape index (κ1) is 18.6. The maximum absolute atomic E-state index is 13.8. The topological polar surface area (TPSA) is 88.1 Å². The fourth-order valence-electron chi connectivity index (χ4n) is 3.56. The first-order valence-corrected chi connectivity index (χ1v) is 10.8. The molecule has 3 rings (SSSR count). The third-order valence-electron chi connectivity index (χ3n) is 5.91. The van der Waals surface area contributed by atoms with Gasteiger partial charge in [0.1, 0.15) is 12.4 Å². The molecule has 0 aromatic heterocycles. The molecule has 1 aliphatic heterocycles. The number of nitrogens with one attached hydrogen (secondary N) is 1. The molecule has 1 aliphatic rings. The highest BCUT2D eigenvalue weighted by Gasteiger charge is 2.34. The molecule has 0 fully saturated rings. The predicted octanol–water partition coefficient (Wildman–Crippen LogP) is 2.94. The Bertz CT molecular complexity index is 1200. The molecular weight excluding hydrogens is 419 g/mol. The summed E-state index contributed by atoms with van der Waals surface area (Å²) < 4.78 is 50.6. The van der Waals surface area contributed by atoms with Gasteiger partial charge in [0.15, 0.2) is 0 Å². The summed E-state index contributed by atoms with van der Waals surface area (Å²) in [6.07, 6.45) is -1.47. The van der Waals surface area contributed by atoms with E-state index >= 15 is 0 Å². The number of hydrogen-bond acceptors (Lipinski definition) is 5. The zero-order valence-corrected chi connectivity index (χ0v) is 19.6. The van der Waals surface area contributed by atoms with Crippen LogP contribution < -0.4 is 15.6 Å². The Morgan fingerprint density at radius 1 is 1.27 bits per heavy atom. The highest BCUT2D eigenvalue weighted by molar-refractivity contribution is 6.61. The highest BCUT2D eigenvalue weighted by Crippen LogP contribution is 2.24. The van der Waals surface area contributed by atoms with Crippen molar-refractivity contribution < 1.29 is 30.9 Å². The smallest absolute Gasteiger partial charge is 0.491 e. The Morgan fingerprint density at radius 2 is 2.03 bits per heavy atom. The van der Waals surface area contributed by atoms with Crippen LogP contribution in [-0.2, 0) is 11.0 Å². The van der Waals surface area contributed by atoms with Gasteiger partial charge in [0.25, 0.3) is 11.8 Å². The third kappa shape index (κ3) is 5.23. The molecule has 0 radical (unpaired) electrons. The summed E-state index contributed by atoms with van der Waals surface area (Å²) in [4.78, 5) is 27.3. The summed E-state index contributed by atoms with van der Waals surface area (Å²) in [5.41, 5.74) is 2.63. The van der Waals surface area contributed by atoms with Crippen LogP contribution in [0.1, 0.15) is 78.4 Å². The van der Waals surface area contributed by atoms with Crippen LogP contribution >= 0.6 is 0 Å². The van der Waals surface area contributed by atoms with Crippen molar-refractivity contribution in [2.75, 3.05) is 13.2 Å². The number of aryl methyl sites for hydroxylation is 2. The van der Waals surface area contributed by atoms with Crippen molar-refractivity contribution in [1.82, 2.24) is 10.4 Å². The lowest BCUT2D eigenvalue weighted by atomic mass is 9.77.